The Labute approximate surface area is 174 Å². The van der Waals surface area contributed by atoms with Gasteiger partial charge in [-0.1, -0.05) is 24.3 Å². The second-order valence-corrected chi connectivity index (χ2v) is 8.20. The van der Waals surface area contributed by atoms with Gasteiger partial charge >= 0.3 is 6.09 Å². The van der Waals surface area contributed by atoms with E-state index in [-0.39, 0.29) is 12.1 Å². The Morgan fingerprint density at radius 3 is 2.52 bits per heavy atom. The van der Waals surface area contributed by atoms with E-state index in [1.807, 2.05) is 27.7 Å². The minimum Gasteiger partial charge on any atom is -0.444 e. The molecule has 1 fully saturated rings. The first kappa shape index (κ1) is 23.0. The maximum Gasteiger partial charge on any atom is 0.407 e. The second-order valence-electron chi connectivity index (χ2n) is 8.20. The van der Waals surface area contributed by atoms with Crippen LogP contribution in [0.15, 0.2) is 29.3 Å². The number of likely N-dealkylation sites (tertiary alicyclic amines) is 1. The molecule has 1 aliphatic rings. The van der Waals surface area contributed by atoms with Crippen molar-refractivity contribution in [2.45, 2.75) is 65.8 Å². The zero-order chi connectivity index (χ0) is 21.3. The molecule has 7 heteroatoms. The zero-order valence-electron chi connectivity index (χ0n) is 18.5. The minimum absolute atomic E-state index is 0.0616. The molecule has 162 valence electrons. The molecule has 1 heterocycles. The Morgan fingerprint density at radius 2 is 1.90 bits per heavy atom. The molecule has 29 heavy (non-hydrogen) atoms. The predicted molar refractivity (Wildman–Crippen MR) is 116 cm³/mol. The molecule has 0 spiro atoms. The summed E-state index contributed by atoms with van der Waals surface area (Å²) in [7, 11) is 0. The molecule has 2 rings (SSSR count). The van der Waals surface area contributed by atoms with Gasteiger partial charge in [-0.15, -0.1) is 0 Å². The standard InChI is InChI=1S/C22H36N4O3/c1-6-23-20(24-14-17-8-10-18(11-9-17)16-28-7-2)26-13-12-19(15-26)25-21(27)29-22(3,4)5/h8-11,19H,6-7,12-16H2,1-5H3,(H,23,24)(H,25,27). The molecule has 1 aliphatic heterocycles. The lowest BCUT2D eigenvalue weighted by Gasteiger charge is -2.23. The van der Waals surface area contributed by atoms with Crippen LogP contribution in [0, 0.1) is 0 Å². The lowest BCUT2D eigenvalue weighted by molar-refractivity contribution is 0.0507. The van der Waals surface area contributed by atoms with E-state index < -0.39 is 5.60 Å². The van der Waals surface area contributed by atoms with Crippen LogP contribution in [-0.2, 0) is 22.6 Å². The van der Waals surface area contributed by atoms with Gasteiger partial charge in [0, 0.05) is 26.2 Å². The largest absolute Gasteiger partial charge is 0.444 e. The van der Waals surface area contributed by atoms with Crippen molar-refractivity contribution in [1.82, 2.24) is 15.5 Å². The van der Waals surface area contributed by atoms with Crippen molar-refractivity contribution in [2.75, 3.05) is 26.2 Å². The molecule has 0 radical (unpaired) electrons. The van der Waals surface area contributed by atoms with Crippen LogP contribution in [0.25, 0.3) is 0 Å². The highest BCUT2D eigenvalue weighted by Gasteiger charge is 2.27. The number of carbonyl (C=O) groups excluding carboxylic acids is 1. The molecule has 1 amide bonds. The van der Waals surface area contributed by atoms with E-state index in [2.05, 4.69) is 46.7 Å². The minimum atomic E-state index is -0.489. The summed E-state index contributed by atoms with van der Waals surface area (Å²) in [4.78, 5) is 19.0. The average Bonchev–Trinajstić information content (AvgIpc) is 3.10. The van der Waals surface area contributed by atoms with Gasteiger partial charge in [0.15, 0.2) is 5.96 Å². The number of guanidine groups is 1. The van der Waals surface area contributed by atoms with Crippen molar-refractivity contribution < 1.29 is 14.3 Å². The van der Waals surface area contributed by atoms with Crippen LogP contribution in [0.3, 0.4) is 0 Å². The van der Waals surface area contributed by atoms with Crippen molar-refractivity contribution in [1.29, 1.82) is 0 Å². The Kier molecular flexibility index (Phi) is 8.76. The highest BCUT2D eigenvalue weighted by Crippen LogP contribution is 2.13. The monoisotopic (exact) mass is 404 g/mol. The molecule has 0 saturated carbocycles. The van der Waals surface area contributed by atoms with Gasteiger partial charge in [-0.05, 0) is 52.2 Å². The number of amides is 1. The average molecular weight is 405 g/mol. The first-order valence-corrected chi connectivity index (χ1v) is 10.5. The third-order valence-electron chi connectivity index (χ3n) is 4.45. The summed E-state index contributed by atoms with van der Waals surface area (Å²) in [5.41, 5.74) is 1.84. The molecule has 0 aromatic heterocycles. The number of hydrogen-bond acceptors (Lipinski definition) is 4. The topological polar surface area (TPSA) is 75.2 Å². The summed E-state index contributed by atoms with van der Waals surface area (Å²) >= 11 is 0. The number of hydrogen-bond donors (Lipinski definition) is 2. The first-order chi connectivity index (χ1) is 13.8. The van der Waals surface area contributed by atoms with E-state index in [1.165, 1.54) is 5.56 Å². The maximum absolute atomic E-state index is 12.0. The number of benzene rings is 1. The van der Waals surface area contributed by atoms with Gasteiger partial charge in [0.2, 0.25) is 0 Å². The number of aliphatic imine (C=N–C) groups is 1. The van der Waals surface area contributed by atoms with Crippen molar-refractivity contribution in [3.8, 4) is 0 Å². The van der Waals surface area contributed by atoms with E-state index in [9.17, 15) is 4.79 Å². The summed E-state index contributed by atoms with van der Waals surface area (Å²) in [6, 6.07) is 8.43. The Balaban J connectivity index is 1.91. The molecular weight excluding hydrogens is 368 g/mol. The molecule has 7 nitrogen and oxygen atoms in total. The molecule has 1 aromatic rings. The molecule has 1 unspecified atom stereocenters. The maximum atomic E-state index is 12.0. The summed E-state index contributed by atoms with van der Waals surface area (Å²) in [5.74, 6) is 0.874. The third-order valence-corrected chi connectivity index (χ3v) is 4.45. The summed E-state index contributed by atoms with van der Waals surface area (Å²) in [6.07, 6.45) is 0.508. The van der Waals surface area contributed by atoms with E-state index in [4.69, 9.17) is 14.5 Å². The fraction of sp³-hybridized carbons (Fsp3) is 0.636. The van der Waals surface area contributed by atoms with Crippen LogP contribution >= 0.6 is 0 Å². The quantitative estimate of drug-likeness (QED) is 0.539. The molecule has 1 aromatic carbocycles. The normalized spacial score (nSPS) is 17.3. The van der Waals surface area contributed by atoms with Crippen LogP contribution in [0.2, 0.25) is 0 Å². The number of nitrogens with zero attached hydrogens (tertiary/aromatic N) is 2. The van der Waals surface area contributed by atoms with E-state index in [0.29, 0.717) is 13.2 Å². The summed E-state index contributed by atoms with van der Waals surface area (Å²) in [6.45, 7) is 14.0. The second kappa shape index (κ2) is 11.0. The van der Waals surface area contributed by atoms with E-state index in [0.717, 1.165) is 44.2 Å². The lowest BCUT2D eigenvalue weighted by atomic mass is 10.1. The number of alkyl carbamates (subject to hydrolysis) is 1. The number of ether oxygens (including phenoxy) is 2. The predicted octanol–water partition coefficient (Wildman–Crippen LogP) is 3.29. The SMILES string of the molecule is CCNC(=NCc1ccc(COCC)cc1)N1CCC(NC(=O)OC(C)(C)C)C1. The van der Waals surface area contributed by atoms with Gasteiger partial charge in [0.05, 0.1) is 19.2 Å². The van der Waals surface area contributed by atoms with Gasteiger partial charge in [0.25, 0.3) is 0 Å². The number of rotatable bonds is 7. The Morgan fingerprint density at radius 1 is 1.21 bits per heavy atom. The van der Waals surface area contributed by atoms with E-state index >= 15 is 0 Å². The van der Waals surface area contributed by atoms with Gasteiger partial charge in [0.1, 0.15) is 5.60 Å². The molecule has 0 aliphatic carbocycles. The Bertz CT molecular complexity index is 668. The van der Waals surface area contributed by atoms with Crippen molar-refractivity contribution >= 4 is 12.1 Å². The highest BCUT2D eigenvalue weighted by atomic mass is 16.6. The van der Waals surface area contributed by atoms with E-state index in [1.54, 1.807) is 0 Å². The van der Waals surface area contributed by atoms with Crippen LogP contribution < -0.4 is 10.6 Å². The smallest absolute Gasteiger partial charge is 0.407 e. The number of nitrogens with one attached hydrogen (secondary N) is 2. The third kappa shape index (κ3) is 8.31. The molecule has 1 saturated heterocycles. The fourth-order valence-corrected chi connectivity index (χ4v) is 3.10. The molecule has 2 N–H and O–H groups in total. The van der Waals surface area contributed by atoms with Gasteiger partial charge in [-0.3, -0.25) is 0 Å². The van der Waals surface area contributed by atoms with Crippen LogP contribution in [0.4, 0.5) is 4.79 Å². The molecular formula is C22H36N4O3. The van der Waals surface area contributed by atoms with Gasteiger partial charge in [-0.2, -0.15) is 0 Å². The fourth-order valence-electron chi connectivity index (χ4n) is 3.10. The summed E-state index contributed by atoms with van der Waals surface area (Å²) in [5, 5.41) is 6.32. The van der Waals surface area contributed by atoms with Crippen LogP contribution in [0.1, 0.15) is 52.2 Å². The first-order valence-electron chi connectivity index (χ1n) is 10.5. The highest BCUT2D eigenvalue weighted by molar-refractivity contribution is 5.80. The van der Waals surface area contributed by atoms with Crippen molar-refractivity contribution in [3.63, 3.8) is 0 Å². The lowest BCUT2D eigenvalue weighted by Crippen LogP contribution is -2.44. The van der Waals surface area contributed by atoms with Gasteiger partial charge < -0.3 is 25.0 Å². The van der Waals surface area contributed by atoms with Crippen molar-refractivity contribution in [2.24, 2.45) is 4.99 Å². The van der Waals surface area contributed by atoms with Crippen LogP contribution in [-0.4, -0.2) is 54.8 Å². The number of carbonyl (C=O) groups is 1. The Hall–Kier alpha value is -2.28. The molecule has 1 atom stereocenters. The zero-order valence-corrected chi connectivity index (χ0v) is 18.5. The van der Waals surface area contributed by atoms with Crippen LogP contribution in [0.5, 0.6) is 0 Å². The summed E-state index contributed by atoms with van der Waals surface area (Å²) < 4.78 is 10.8. The molecule has 0 bridgehead atoms. The van der Waals surface area contributed by atoms with Gasteiger partial charge in [-0.25, -0.2) is 9.79 Å². The van der Waals surface area contributed by atoms with Crippen molar-refractivity contribution in [3.05, 3.63) is 35.4 Å².